The van der Waals surface area contributed by atoms with Gasteiger partial charge in [0.05, 0.1) is 0 Å². The van der Waals surface area contributed by atoms with Crippen molar-refractivity contribution in [3.63, 3.8) is 0 Å². The van der Waals surface area contributed by atoms with Gasteiger partial charge in [0, 0.05) is 6.04 Å². The van der Waals surface area contributed by atoms with Crippen LogP contribution < -0.4 is 10.6 Å². The molecule has 0 aromatic carbocycles. The van der Waals surface area contributed by atoms with E-state index in [9.17, 15) is 9.59 Å². The van der Waals surface area contributed by atoms with Gasteiger partial charge in [-0.3, -0.25) is 0 Å². The number of carbonyl (C=O) groups excluding carboxylic acids is 1. The monoisotopic (exact) mass is 216 g/mol. The van der Waals surface area contributed by atoms with Crippen molar-refractivity contribution in [2.45, 2.75) is 52.1 Å². The minimum Gasteiger partial charge on any atom is -0.480 e. The van der Waals surface area contributed by atoms with Gasteiger partial charge in [-0.25, -0.2) is 9.59 Å². The summed E-state index contributed by atoms with van der Waals surface area (Å²) >= 11 is 0. The smallest absolute Gasteiger partial charge is 0.329 e. The number of nitrogens with one attached hydrogen (secondary N) is 2. The quantitative estimate of drug-likeness (QED) is 0.649. The third kappa shape index (κ3) is 4.67. The van der Waals surface area contributed by atoms with E-state index in [-0.39, 0.29) is 6.04 Å². The number of carboxylic acids is 1. The number of urea groups is 1. The minimum atomic E-state index is -1.19. The molecule has 0 spiro atoms. The Hall–Kier alpha value is -1.26. The van der Waals surface area contributed by atoms with E-state index < -0.39 is 17.5 Å². The molecule has 0 rings (SSSR count). The number of aliphatic carboxylic acids is 1. The van der Waals surface area contributed by atoms with E-state index in [1.54, 1.807) is 0 Å². The van der Waals surface area contributed by atoms with Crippen LogP contribution in [0.15, 0.2) is 0 Å². The fourth-order valence-corrected chi connectivity index (χ4v) is 1.27. The first-order valence-corrected chi connectivity index (χ1v) is 5.14. The van der Waals surface area contributed by atoms with E-state index in [0.29, 0.717) is 12.8 Å². The number of carbonyl (C=O) groups is 2. The Morgan fingerprint density at radius 2 is 1.93 bits per heavy atom. The van der Waals surface area contributed by atoms with Crippen LogP contribution in [-0.4, -0.2) is 28.7 Å². The van der Waals surface area contributed by atoms with Gasteiger partial charge in [0.15, 0.2) is 0 Å². The van der Waals surface area contributed by atoms with Gasteiger partial charge in [0.25, 0.3) is 0 Å². The summed E-state index contributed by atoms with van der Waals surface area (Å²) in [6, 6.07) is -0.451. The molecule has 5 heteroatoms. The lowest BCUT2D eigenvalue weighted by molar-refractivity contribution is -0.144. The SMILES string of the molecule is CCCC(C)(NC(=O)NC(C)C)C(=O)O. The molecule has 1 unspecified atom stereocenters. The normalized spacial score (nSPS) is 14.5. The molecule has 0 aromatic rings. The third-order valence-corrected chi connectivity index (χ3v) is 2.03. The van der Waals surface area contributed by atoms with Gasteiger partial charge >= 0.3 is 12.0 Å². The van der Waals surface area contributed by atoms with Gasteiger partial charge in [0.1, 0.15) is 5.54 Å². The molecule has 0 aliphatic rings. The molecule has 3 N–H and O–H groups in total. The van der Waals surface area contributed by atoms with Crippen LogP contribution in [0.25, 0.3) is 0 Å². The molecule has 0 heterocycles. The van der Waals surface area contributed by atoms with Crippen LogP contribution in [-0.2, 0) is 4.79 Å². The van der Waals surface area contributed by atoms with Gasteiger partial charge in [-0.1, -0.05) is 13.3 Å². The molecule has 88 valence electrons. The van der Waals surface area contributed by atoms with Crippen LogP contribution in [0.1, 0.15) is 40.5 Å². The molecule has 0 bridgehead atoms. The molecule has 0 aromatic heterocycles. The number of amides is 2. The second-order valence-electron chi connectivity index (χ2n) is 4.14. The van der Waals surface area contributed by atoms with Crippen LogP contribution >= 0.6 is 0 Å². The Morgan fingerprint density at radius 3 is 2.27 bits per heavy atom. The maximum atomic E-state index is 11.4. The molecule has 5 nitrogen and oxygen atoms in total. The van der Waals surface area contributed by atoms with Crippen molar-refractivity contribution in [2.75, 3.05) is 0 Å². The maximum Gasteiger partial charge on any atom is 0.329 e. The van der Waals surface area contributed by atoms with E-state index in [4.69, 9.17) is 5.11 Å². The molecule has 0 aliphatic heterocycles. The zero-order valence-electron chi connectivity index (χ0n) is 9.76. The van der Waals surface area contributed by atoms with Crippen LogP contribution in [0.4, 0.5) is 4.79 Å². The maximum absolute atomic E-state index is 11.4. The Morgan fingerprint density at radius 1 is 1.40 bits per heavy atom. The number of hydrogen-bond acceptors (Lipinski definition) is 2. The van der Waals surface area contributed by atoms with E-state index in [1.807, 2.05) is 20.8 Å². The lowest BCUT2D eigenvalue weighted by Gasteiger charge is -2.26. The van der Waals surface area contributed by atoms with E-state index in [0.717, 1.165) is 0 Å². The highest BCUT2D eigenvalue weighted by atomic mass is 16.4. The Labute approximate surface area is 90.2 Å². The molecule has 15 heavy (non-hydrogen) atoms. The summed E-state index contributed by atoms with van der Waals surface area (Å²) in [6.45, 7) is 7.02. The number of hydrogen-bond donors (Lipinski definition) is 3. The van der Waals surface area contributed by atoms with Crippen molar-refractivity contribution in [1.29, 1.82) is 0 Å². The molecule has 2 amide bonds. The topological polar surface area (TPSA) is 78.4 Å². The van der Waals surface area contributed by atoms with Gasteiger partial charge in [-0.2, -0.15) is 0 Å². The van der Waals surface area contributed by atoms with E-state index in [1.165, 1.54) is 6.92 Å². The van der Waals surface area contributed by atoms with Crippen molar-refractivity contribution in [3.05, 3.63) is 0 Å². The standard InChI is InChI=1S/C10H20N2O3/c1-5-6-10(4,8(13)14)12-9(15)11-7(2)3/h7H,5-6H2,1-4H3,(H,13,14)(H2,11,12,15). The van der Waals surface area contributed by atoms with Crippen LogP contribution in [0, 0.1) is 0 Å². The molecule has 1 atom stereocenters. The zero-order valence-corrected chi connectivity index (χ0v) is 9.76. The van der Waals surface area contributed by atoms with Gasteiger partial charge in [-0.05, 0) is 27.2 Å². The summed E-state index contributed by atoms with van der Waals surface area (Å²) in [6.07, 6.45) is 1.11. The summed E-state index contributed by atoms with van der Waals surface area (Å²) in [5.74, 6) is -1.01. The second kappa shape index (κ2) is 5.58. The van der Waals surface area contributed by atoms with Crippen LogP contribution in [0.3, 0.4) is 0 Å². The van der Waals surface area contributed by atoms with Gasteiger partial charge in [0.2, 0.25) is 0 Å². The molecule has 0 fully saturated rings. The van der Waals surface area contributed by atoms with Gasteiger partial charge < -0.3 is 15.7 Å². The first kappa shape index (κ1) is 13.7. The summed E-state index contributed by atoms with van der Waals surface area (Å²) in [7, 11) is 0. The summed E-state index contributed by atoms with van der Waals surface area (Å²) in [4.78, 5) is 22.4. The molecular formula is C10H20N2O3. The fraction of sp³-hybridized carbons (Fsp3) is 0.800. The first-order valence-electron chi connectivity index (χ1n) is 5.14. The Kier molecular flexibility index (Phi) is 5.11. The summed E-state index contributed by atoms with van der Waals surface area (Å²) in [5, 5.41) is 14.1. The molecular weight excluding hydrogens is 196 g/mol. The van der Waals surface area contributed by atoms with Crippen molar-refractivity contribution < 1.29 is 14.7 Å². The highest BCUT2D eigenvalue weighted by Crippen LogP contribution is 2.12. The van der Waals surface area contributed by atoms with E-state index >= 15 is 0 Å². The molecule has 0 saturated carbocycles. The molecule has 0 aliphatic carbocycles. The largest absolute Gasteiger partial charge is 0.480 e. The van der Waals surface area contributed by atoms with E-state index in [2.05, 4.69) is 10.6 Å². The summed E-state index contributed by atoms with van der Waals surface area (Å²) < 4.78 is 0. The number of rotatable bonds is 5. The summed E-state index contributed by atoms with van der Waals surface area (Å²) in [5.41, 5.74) is -1.19. The fourth-order valence-electron chi connectivity index (χ4n) is 1.27. The van der Waals surface area contributed by atoms with Crippen molar-refractivity contribution in [2.24, 2.45) is 0 Å². The Balaban J connectivity index is 4.41. The lowest BCUT2D eigenvalue weighted by Crippen LogP contribution is -2.56. The highest BCUT2D eigenvalue weighted by Gasteiger charge is 2.33. The van der Waals surface area contributed by atoms with Crippen molar-refractivity contribution >= 4 is 12.0 Å². The van der Waals surface area contributed by atoms with Crippen molar-refractivity contribution in [3.8, 4) is 0 Å². The van der Waals surface area contributed by atoms with Crippen LogP contribution in [0.5, 0.6) is 0 Å². The zero-order chi connectivity index (χ0) is 12.1. The molecule has 0 saturated heterocycles. The van der Waals surface area contributed by atoms with Crippen LogP contribution in [0.2, 0.25) is 0 Å². The predicted molar refractivity (Wildman–Crippen MR) is 57.8 cm³/mol. The van der Waals surface area contributed by atoms with Gasteiger partial charge in [-0.15, -0.1) is 0 Å². The minimum absolute atomic E-state index is 0.00956. The average molecular weight is 216 g/mol. The molecule has 0 radical (unpaired) electrons. The predicted octanol–water partition coefficient (Wildman–Crippen LogP) is 1.34. The van der Waals surface area contributed by atoms with Crippen molar-refractivity contribution in [1.82, 2.24) is 10.6 Å². The third-order valence-electron chi connectivity index (χ3n) is 2.03. The average Bonchev–Trinajstić information content (AvgIpc) is 2.01. The first-order chi connectivity index (χ1) is 6.81. The second-order valence-corrected chi connectivity index (χ2v) is 4.14. The Bertz CT molecular complexity index is 241. The lowest BCUT2D eigenvalue weighted by atomic mass is 9.97. The number of carboxylic acid groups (broad SMARTS) is 1. The highest BCUT2D eigenvalue weighted by molar-refractivity contribution is 5.85.